The normalized spacial score (nSPS) is 11.7. The number of ether oxygens (including phenoxy) is 1. The summed E-state index contributed by atoms with van der Waals surface area (Å²) < 4.78 is 6.94. The molecule has 0 aliphatic rings. The number of methoxy groups -OCH3 is 1. The Hall–Kier alpha value is -0.430. The van der Waals surface area contributed by atoms with Crippen LogP contribution in [0.2, 0.25) is 0 Å². The van der Waals surface area contributed by atoms with Crippen LogP contribution in [0.25, 0.3) is 0 Å². The molecule has 0 atom stereocenters. The summed E-state index contributed by atoms with van der Waals surface area (Å²) in [6.45, 7) is 9.53. The average molecular weight is 405 g/mol. The third-order valence-corrected chi connectivity index (χ3v) is 5.02. The monoisotopic (exact) mass is 405 g/mol. The van der Waals surface area contributed by atoms with Gasteiger partial charge in [-0.1, -0.05) is 34.1 Å². The van der Waals surface area contributed by atoms with Gasteiger partial charge in [0.05, 0.1) is 9.26 Å². The van der Waals surface area contributed by atoms with Crippen molar-refractivity contribution in [1.29, 1.82) is 0 Å². The minimum absolute atomic E-state index is 0.379. The summed E-state index contributed by atoms with van der Waals surface area (Å²) in [6.07, 6.45) is 4.88. The van der Waals surface area contributed by atoms with Gasteiger partial charge in [-0.2, -0.15) is 0 Å². The lowest BCUT2D eigenvalue weighted by Crippen LogP contribution is -2.30. The molecule has 120 valence electrons. The van der Waals surface area contributed by atoms with E-state index in [9.17, 15) is 0 Å². The molecule has 4 nitrogen and oxygen atoms in total. The SMILES string of the molecule is CCCNc1nc(C(CC)(CC)OC)nc(CCC)c1I. The van der Waals surface area contributed by atoms with E-state index in [1.807, 2.05) is 0 Å². The maximum atomic E-state index is 5.80. The third kappa shape index (κ3) is 4.28. The number of rotatable bonds is 9. The predicted octanol–water partition coefficient (Wildman–Crippen LogP) is 4.52. The van der Waals surface area contributed by atoms with Crippen LogP contribution < -0.4 is 5.32 Å². The first kappa shape index (κ1) is 18.6. The fraction of sp³-hybridized carbons (Fsp3) is 0.750. The molecule has 0 fully saturated rings. The Kier molecular flexibility index (Phi) is 7.87. The van der Waals surface area contributed by atoms with Crippen molar-refractivity contribution in [2.45, 2.75) is 65.4 Å². The second kappa shape index (κ2) is 8.88. The molecule has 1 heterocycles. The molecule has 0 amide bonds. The van der Waals surface area contributed by atoms with Gasteiger partial charge in [0.15, 0.2) is 5.82 Å². The Bertz CT molecular complexity index is 439. The van der Waals surface area contributed by atoms with E-state index < -0.39 is 0 Å². The van der Waals surface area contributed by atoms with Crippen LogP contribution >= 0.6 is 22.6 Å². The van der Waals surface area contributed by atoms with Crippen LogP contribution in [0.5, 0.6) is 0 Å². The summed E-state index contributed by atoms with van der Waals surface area (Å²) in [5.41, 5.74) is 0.750. The molecule has 0 bridgehead atoms. The van der Waals surface area contributed by atoms with Gasteiger partial charge in [-0.15, -0.1) is 0 Å². The quantitative estimate of drug-likeness (QED) is 0.614. The molecule has 0 aromatic carbocycles. The van der Waals surface area contributed by atoms with E-state index in [0.717, 1.165) is 59.6 Å². The van der Waals surface area contributed by atoms with Gasteiger partial charge in [-0.3, -0.25) is 0 Å². The van der Waals surface area contributed by atoms with Crippen molar-refractivity contribution in [2.24, 2.45) is 0 Å². The topological polar surface area (TPSA) is 47.0 Å². The molecule has 0 spiro atoms. The highest BCUT2D eigenvalue weighted by Crippen LogP contribution is 2.32. The summed E-state index contributed by atoms with van der Waals surface area (Å²) in [6, 6.07) is 0. The minimum atomic E-state index is -0.379. The van der Waals surface area contributed by atoms with E-state index in [1.165, 1.54) is 0 Å². The number of nitrogens with zero attached hydrogens (tertiary/aromatic N) is 2. The first-order chi connectivity index (χ1) is 10.1. The maximum Gasteiger partial charge on any atom is 0.162 e. The summed E-state index contributed by atoms with van der Waals surface area (Å²) in [4.78, 5) is 9.62. The number of hydrogen-bond acceptors (Lipinski definition) is 4. The molecule has 0 aliphatic heterocycles. The van der Waals surface area contributed by atoms with Gasteiger partial charge in [-0.05, 0) is 48.3 Å². The van der Waals surface area contributed by atoms with Crippen molar-refractivity contribution in [2.75, 3.05) is 19.0 Å². The van der Waals surface area contributed by atoms with E-state index in [2.05, 4.69) is 55.6 Å². The van der Waals surface area contributed by atoms with Crippen LogP contribution in [-0.4, -0.2) is 23.6 Å². The summed E-state index contributed by atoms with van der Waals surface area (Å²) in [7, 11) is 1.76. The van der Waals surface area contributed by atoms with Crippen LogP contribution in [0.4, 0.5) is 5.82 Å². The van der Waals surface area contributed by atoms with E-state index in [1.54, 1.807) is 7.11 Å². The fourth-order valence-corrected chi connectivity index (χ4v) is 3.11. The largest absolute Gasteiger partial charge is 0.370 e. The molecule has 1 aromatic rings. The molecule has 5 heteroatoms. The Morgan fingerprint density at radius 1 is 1.10 bits per heavy atom. The van der Waals surface area contributed by atoms with Crippen molar-refractivity contribution in [3.8, 4) is 0 Å². The molecule has 1 N–H and O–H groups in total. The van der Waals surface area contributed by atoms with Crippen molar-refractivity contribution in [1.82, 2.24) is 9.97 Å². The van der Waals surface area contributed by atoms with E-state index >= 15 is 0 Å². The summed E-state index contributed by atoms with van der Waals surface area (Å²) in [5.74, 6) is 1.77. The number of aryl methyl sites for hydroxylation is 1. The lowest BCUT2D eigenvalue weighted by atomic mass is 9.95. The van der Waals surface area contributed by atoms with Gasteiger partial charge in [0, 0.05) is 13.7 Å². The average Bonchev–Trinajstić information content (AvgIpc) is 2.51. The summed E-state index contributed by atoms with van der Waals surface area (Å²) >= 11 is 2.36. The molecular weight excluding hydrogens is 377 g/mol. The highest BCUT2D eigenvalue weighted by molar-refractivity contribution is 14.1. The highest BCUT2D eigenvalue weighted by atomic mass is 127. The van der Waals surface area contributed by atoms with Crippen molar-refractivity contribution >= 4 is 28.4 Å². The van der Waals surface area contributed by atoms with Crippen LogP contribution in [0.1, 0.15) is 64.9 Å². The molecule has 1 rings (SSSR count). The molecule has 1 aromatic heterocycles. The first-order valence-electron chi connectivity index (χ1n) is 7.94. The summed E-state index contributed by atoms with van der Waals surface area (Å²) in [5, 5.41) is 3.43. The van der Waals surface area contributed by atoms with Crippen molar-refractivity contribution in [3.05, 3.63) is 15.1 Å². The second-order valence-electron chi connectivity index (χ2n) is 5.24. The lowest BCUT2D eigenvalue weighted by Gasteiger charge is -2.29. The molecule has 0 radical (unpaired) electrons. The minimum Gasteiger partial charge on any atom is -0.370 e. The van der Waals surface area contributed by atoms with Crippen LogP contribution in [-0.2, 0) is 16.8 Å². The van der Waals surface area contributed by atoms with E-state index in [4.69, 9.17) is 14.7 Å². The van der Waals surface area contributed by atoms with Crippen LogP contribution in [0.15, 0.2) is 0 Å². The van der Waals surface area contributed by atoms with Crippen LogP contribution in [0.3, 0.4) is 0 Å². The molecule has 21 heavy (non-hydrogen) atoms. The zero-order valence-corrected chi connectivity index (χ0v) is 16.1. The molecule has 0 saturated heterocycles. The van der Waals surface area contributed by atoms with Gasteiger partial charge in [0.2, 0.25) is 0 Å². The third-order valence-electron chi connectivity index (χ3n) is 3.89. The van der Waals surface area contributed by atoms with Gasteiger partial charge >= 0.3 is 0 Å². The number of halogens is 1. The fourth-order valence-electron chi connectivity index (χ4n) is 2.41. The number of aromatic nitrogens is 2. The first-order valence-corrected chi connectivity index (χ1v) is 9.02. The van der Waals surface area contributed by atoms with Gasteiger partial charge in [0.1, 0.15) is 11.4 Å². The Morgan fingerprint density at radius 3 is 2.24 bits per heavy atom. The Labute approximate surface area is 142 Å². The van der Waals surface area contributed by atoms with Gasteiger partial charge in [0.25, 0.3) is 0 Å². The predicted molar refractivity (Wildman–Crippen MR) is 96.8 cm³/mol. The van der Waals surface area contributed by atoms with Crippen molar-refractivity contribution in [3.63, 3.8) is 0 Å². The molecule has 0 aliphatic carbocycles. The lowest BCUT2D eigenvalue weighted by molar-refractivity contribution is -0.0292. The molecule has 0 saturated carbocycles. The van der Waals surface area contributed by atoms with E-state index in [0.29, 0.717) is 0 Å². The number of anilines is 1. The molecular formula is C16H28IN3O. The van der Waals surface area contributed by atoms with Crippen molar-refractivity contribution < 1.29 is 4.74 Å². The van der Waals surface area contributed by atoms with Gasteiger partial charge in [-0.25, -0.2) is 9.97 Å². The highest BCUT2D eigenvalue weighted by Gasteiger charge is 2.32. The molecule has 0 unspecified atom stereocenters. The number of nitrogens with one attached hydrogen (secondary N) is 1. The smallest absolute Gasteiger partial charge is 0.162 e. The Balaban J connectivity index is 3.34. The number of hydrogen-bond donors (Lipinski definition) is 1. The van der Waals surface area contributed by atoms with Gasteiger partial charge < -0.3 is 10.1 Å². The zero-order chi connectivity index (χ0) is 15.9. The zero-order valence-electron chi connectivity index (χ0n) is 13.9. The maximum absolute atomic E-state index is 5.80. The second-order valence-corrected chi connectivity index (χ2v) is 6.32. The standard InChI is InChI=1S/C16H28IN3O/c1-6-10-12-13(17)14(18-11-7-2)20-15(19-12)16(8-3,9-4)21-5/h6-11H2,1-5H3,(H,18,19,20). The Morgan fingerprint density at radius 2 is 1.76 bits per heavy atom. The van der Waals surface area contributed by atoms with Crippen LogP contribution in [0, 0.1) is 3.57 Å². The van der Waals surface area contributed by atoms with E-state index in [-0.39, 0.29) is 5.60 Å².